The van der Waals surface area contributed by atoms with Crippen molar-refractivity contribution in [3.05, 3.63) is 70.8 Å². The van der Waals surface area contributed by atoms with Gasteiger partial charge in [0, 0.05) is 12.6 Å². The van der Waals surface area contributed by atoms with Gasteiger partial charge < -0.3 is 5.32 Å². The molecule has 2 aromatic rings. The van der Waals surface area contributed by atoms with Crippen LogP contribution in [0.5, 0.6) is 0 Å². The molecule has 0 saturated heterocycles. The highest BCUT2D eigenvalue weighted by Gasteiger charge is 2.25. The maximum absolute atomic E-state index is 8.84. The number of nitrogens with one attached hydrogen (secondary N) is 1. The second-order valence-corrected chi connectivity index (χ2v) is 5.81. The quantitative estimate of drug-likeness (QED) is 0.884. The van der Waals surface area contributed by atoms with E-state index >= 15 is 0 Å². The minimum atomic E-state index is 0.282. The first-order chi connectivity index (χ1) is 10.3. The zero-order chi connectivity index (χ0) is 14.7. The molecule has 21 heavy (non-hydrogen) atoms. The highest BCUT2D eigenvalue weighted by atomic mass is 14.9. The van der Waals surface area contributed by atoms with Crippen LogP contribution >= 0.6 is 0 Å². The molecule has 106 valence electrons. The minimum absolute atomic E-state index is 0.282. The number of hydrogen-bond acceptors (Lipinski definition) is 2. The third kappa shape index (κ3) is 3.32. The topological polar surface area (TPSA) is 35.8 Å². The number of rotatable bonds is 5. The molecule has 0 amide bonds. The molecule has 3 rings (SSSR count). The first-order valence-electron chi connectivity index (χ1n) is 7.59. The molecular formula is C19H20N2. The van der Waals surface area contributed by atoms with Crippen molar-refractivity contribution in [3.63, 3.8) is 0 Å². The van der Waals surface area contributed by atoms with Crippen LogP contribution in [0.15, 0.2) is 48.5 Å². The molecule has 1 aliphatic rings. The van der Waals surface area contributed by atoms with Gasteiger partial charge >= 0.3 is 0 Å². The van der Waals surface area contributed by atoms with Crippen LogP contribution in [-0.2, 0) is 6.54 Å². The summed E-state index contributed by atoms with van der Waals surface area (Å²) in [6.45, 7) is 3.06. The fourth-order valence-electron chi connectivity index (χ4n) is 2.72. The van der Waals surface area contributed by atoms with Crippen molar-refractivity contribution in [1.29, 1.82) is 5.26 Å². The molecule has 0 aliphatic heterocycles. The summed E-state index contributed by atoms with van der Waals surface area (Å²) in [6, 6.07) is 19.0. The van der Waals surface area contributed by atoms with Gasteiger partial charge in [-0.15, -0.1) is 0 Å². The molecule has 0 bridgehead atoms. The average molecular weight is 276 g/mol. The van der Waals surface area contributed by atoms with Gasteiger partial charge in [0.25, 0.3) is 0 Å². The lowest BCUT2D eigenvalue weighted by atomic mass is 10.0. The van der Waals surface area contributed by atoms with E-state index in [0.717, 1.165) is 12.5 Å². The third-order valence-corrected chi connectivity index (χ3v) is 4.21. The van der Waals surface area contributed by atoms with E-state index < -0.39 is 0 Å². The van der Waals surface area contributed by atoms with Crippen molar-refractivity contribution in [3.8, 4) is 6.07 Å². The van der Waals surface area contributed by atoms with E-state index in [1.807, 2.05) is 24.3 Å². The Morgan fingerprint density at radius 3 is 2.52 bits per heavy atom. The molecule has 1 unspecified atom stereocenters. The molecule has 1 N–H and O–H groups in total. The average Bonchev–Trinajstić information content (AvgIpc) is 3.38. The van der Waals surface area contributed by atoms with Gasteiger partial charge in [-0.1, -0.05) is 36.4 Å². The summed E-state index contributed by atoms with van der Waals surface area (Å²) in [6.07, 6.45) is 2.67. The van der Waals surface area contributed by atoms with E-state index in [2.05, 4.69) is 42.6 Å². The fraction of sp³-hybridized carbons (Fsp3) is 0.316. The second-order valence-electron chi connectivity index (χ2n) is 5.81. The molecule has 0 radical (unpaired) electrons. The molecule has 1 saturated carbocycles. The van der Waals surface area contributed by atoms with Gasteiger partial charge in [0.15, 0.2) is 0 Å². The monoisotopic (exact) mass is 276 g/mol. The van der Waals surface area contributed by atoms with Gasteiger partial charge in [-0.3, -0.25) is 0 Å². The third-order valence-electron chi connectivity index (χ3n) is 4.21. The van der Waals surface area contributed by atoms with E-state index in [-0.39, 0.29) is 6.04 Å². The summed E-state index contributed by atoms with van der Waals surface area (Å²) in [5, 5.41) is 12.4. The van der Waals surface area contributed by atoms with Crippen molar-refractivity contribution >= 4 is 0 Å². The summed E-state index contributed by atoms with van der Waals surface area (Å²) in [5.41, 5.74) is 4.86. The summed E-state index contributed by atoms with van der Waals surface area (Å²) in [7, 11) is 0. The Hall–Kier alpha value is -2.11. The first-order valence-corrected chi connectivity index (χ1v) is 7.59. The molecule has 1 atom stereocenters. The van der Waals surface area contributed by atoms with Crippen LogP contribution < -0.4 is 5.32 Å². The smallest absolute Gasteiger partial charge is 0.0991 e. The van der Waals surface area contributed by atoms with Gasteiger partial charge in [0.2, 0.25) is 0 Å². The van der Waals surface area contributed by atoms with E-state index in [1.165, 1.54) is 29.5 Å². The van der Waals surface area contributed by atoms with Crippen molar-refractivity contribution in [2.24, 2.45) is 0 Å². The van der Waals surface area contributed by atoms with Gasteiger partial charge in [0.05, 0.1) is 11.6 Å². The first kappa shape index (κ1) is 13.9. The van der Waals surface area contributed by atoms with E-state index in [4.69, 9.17) is 5.26 Å². The Bertz CT molecular complexity index is 648. The highest BCUT2D eigenvalue weighted by Crippen LogP contribution is 2.41. The van der Waals surface area contributed by atoms with E-state index in [9.17, 15) is 0 Å². The standard InChI is InChI=1S/C19H20N2/c1-14(16-8-6-15(12-20)7-9-16)21-13-18-4-2-3-5-19(18)17-10-11-17/h2-9,14,17,21H,10-11,13H2,1H3. The predicted molar refractivity (Wildman–Crippen MR) is 84.8 cm³/mol. The summed E-state index contributed by atoms with van der Waals surface area (Å²) >= 11 is 0. The fourth-order valence-corrected chi connectivity index (χ4v) is 2.72. The van der Waals surface area contributed by atoms with Crippen LogP contribution in [0.1, 0.15) is 54.0 Å². The summed E-state index contributed by atoms with van der Waals surface area (Å²) in [4.78, 5) is 0. The maximum Gasteiger partial charge on any atom is 0.0991 e. The highest BCUT2D eigenvalue weighted by molar-refractivity contribution is 5.34. The van der Waals surface area contributed by atoms with Crippen LogP contribution in [0.25, 0.3) is 0 Å². The van der Waals surface area contributed by atoms with Crippen molar-refractivity contribution in [2.75, 3.05) is 0 Å². The van der Waals surface area contributed by atoms with Crippen LogP contribution in [0, 0.1) is 11.3 Å². The molecule has 1 fully saturated rings. The summed E-state index contributed by atoms with van der Waals surface area (Å²) < 4.78 is 0. The number of benzene rings is 2. The molecular weight excluding hydrogens is 256 g/mol. The van der Waals surface area contributed by atoms with E-state index in [1.54, 1.807) is 0 Å². The van der Waals surface area contributed by atoms with Crippen molar-refractivity contribution in [2.45, 2.75) is 38.3 Å². The van der Waals surface area contributed by atoms with Crippen LogP contribution in [-0.4, -0.2) is 0 Å². The SMILES string of the molecule is CC(NCc1ccccc1C1CC1)c1ccc(C#N)cc1. The van der Waals surface area contributed by atoms with Gasteiger partial charge in [0.1, 0.15) is 0 Å². The lowest BCUT2D eigenvalue weighted by molar-refractivity contribution is 0.572. The number of nitrogens with zero attached hydrogens (tertiary/aromatic N) is 1. The van der Waals surface area contributed by atoms with E-state index in [0.29, 0.717) is 5.56 Å². The Kier molecular flexibility index (Phi) is 4.03. The van der Waals surface area contributed by atoms with Gasteiger partial charge in [-0.25, -0.2) is 0 Å². The zero-order valence-corrected chi connectivity index (χ0v) is 12.3. The number of hydrogen-bond donors (Lipinski definition) is 1. The Morgan fingerprint density at radius 2 is 1.86 bits per heavy atom. The molecule has 0 spiro atoms. The molecule has 0 heterocycles. The Labute approximate surface area is 126 Å². The normalized spacial score (nSPS) is 15.4. The van der Waals surface area contributed by atoms with Crippen LogP contribution in [0.3, 0.4) is 0 Å². The van der Waals surface area contributed by atoms with Crippen LogP contribution in [0.4, 0.5) is 0 Å². The van der Waals surface area contributed by atoms with Crippen LogP contribution in [0.2, 0.25) is 0 Å². The maximum atomic E-state index is 8.84. The Balaban J connectivity index is 1.65. The lowest BCUT2D eigenvalue weighted by Gasteiger charge is -2.16. The predicted octanol–water partition coefficient (Wildman–Crippen LogP) is 4.29. The second kappa shape index (κ2) is 6.11. The Morgan fingerprint density at radius 1 is 1.14 bits per heavy atom. The zero-order valence-electron chi connectivity index (χ0n) is 12.3. The molecule has 1 aliphatic carbocycles. The van der Waals surface area contributed by atoms with Gasteiger partial charge in [-0.2, -0.15) is 5.26 Å². The molecule has 2 aromatic carbocycles. The summed E-state index contributed by atoms with van der Waals surface area (Å²) in [5.74, 6) is 0.785. The van der Waals surface area contributed by atoms with Crippen molar-refractivity contribution < 1.29 is 0 Å². The number of nitriles is 1. The molecule has 2 nitrogen and oxygen atoms in total. The van der Waals surface area contributed by atoms with Gasteiger partial charge in [-0.05, 0) is 54.5 Å². The lowest BCUT2D eigenvalue weighted by Crippen LogP contribution is -2.18. The largest absolute Gasteiger partial charge is 0.306 e. The van der Waals surface area contributed by atoms with Crippen molar-refractivity contribution in [1.82, 2.24) is 5.32 Å². The molecule has 0 aromatic heterocycles. The minimum Gasteiger partial charge on any atom is -0.306 e. The molecule has 2 heteroatoms.